The first-order valence-corrected chi connectivity index (χ1v) is 4.37. The first kappa shape index (κ1) is 8.53. The van der Waals surface area contributed by atoms with Crippen LogP contribution < -0.4 is 11.1 Å². The number of hydrogen-bond acceptors (Lipinski definition) is 2. The molecule has 1 aromatic carbocycles. The number of primary amides is 1. The van der Waals surface area contributed by atoms with Gasteiger partial charge in [0.15, 0.2) is 0 Å². The Hall–Kier alpha value is -1.06. The number of halogens is 1. The Labute approximate surface area is 80.9 Å². The number of rotatable bonds is 2. The standard InChI is InChI=1S/C9H9ClN2O/c10-6-3-1-5(2-4-6)7-8(12-7)9(11)13/h1-4,7-8,12H,(H2,11,13)/t7-,8+/m0/s1. The van der Waals surface area contributed by atoms with E-state index in [0.29, 0.717) is 5.02 Å². The molecule has 1 saturated heterocycles. The van der Waals surface area contributed by atoms with Crippen molar-refractivity contribution in [2.75, 3.05) is 0 Å². The highest BCUT2D eigenvalue weighted by molar-refractivity contribution is 6.30. The predicted octanol–water partition coefficient (Wildman–Crippen LogP) is 0.838. The zero-order chi connectivity index (χ0) is 9.42. The summed E-state index contributed by atoms with van der Waals surface area (Å²) >= 11 is 5.72. The van der Waals surface area contributed by atoms with Crippen molar-refractivity contribution in [2.24, 2.45) is 5.73 Å². The Morgan fingerprint density at radius 1 is 1.38 bits per heavy atom. The van der Waals surface area contributed by atoms with E-state index < -0.39 is 0 Å². The van der Waals surface area contributed by atoms with Crippen molar-refractivity contribution in [3.8, 4) is 0 Å². The molecule has 68 valence electrons. The molecule has 1 aromatic rings. The Balaban J connectivity index is 2.12. The van der Waals surface area contributed by atoms with Crippen molar-refractivity contribution in [3.63, 3.8) is 0 Å². The van der Waals surface area contributed by atoms with Gasteiger partial charge in [-0.05, 0) is 17.7 Å². The van der Waals surface area contributed by atoms with Gasteiger partial charge in [-0.2, -0.15) is 0 Å². The zero-order valence-electron chi connectivity index (χ0n) is 6.83. The summed E-state index contributed by atoms with van der Waals surface area (Å²) in [5, 5.41) is 3.68. The van der Waals surface area contributed by atoms with E-state index in [1.165, 1.54) is 0 Å². The summed E-state index contributed by atoms with van der Waals surface area (Å²) in [4.78, 5) is 10.7. The second-order valence-electron chi connectivity index (χ2n) is 3.08. The predicted molar refractivity (Wildman–Crippen MR) is 50.3 cm³/mol. The van der Waals surface area contributed by atoms with Crippen LogP contribution in [0, 0.1) is 0 Å². The average molecular weight is 197 g/mol. The molecule has 13 heavy (non-hydrogen) atoms. The van der Waals surface area contributed by atoms with Crippen molar-refractivity contribution in [2.45, 2.75) is 12.1 Å². The van der Waals surface area contributed by atoms with Gasteiger partial charge in [0.1, 0.15) is 6.04 Å². The monoisotopic (exact) mass is 196 g/mol. The minimum absolute atomic E-state index is 0.0785. The highest BCUT2D eigenvalue weighted by Gasteiger charge is 2.41. The Kier molecular flexibility index (Phi) is 1.98. The first-order valence-electron chi connectivity index (χ1n) is 3.99. The molecule has 3 N–H and O–H groups in total. The van der Waals surface area contributed by atoms with Crippen LogP contribution in [0.25, 0.3) is 0 Å². The Bertz CT molecular complexity index is 336. The lowest BCUT2D eigenvalue weighted by Gasteiger charge is -1.96. The normalized spacial score (nSPS) is 25.6. The lowest BCUT2D eigenvalue weighted by Crippen LogP contribution is -2.19. The Morgan fingerprint density at radius 3 is 2.46 bits per heavy atom. The number of hydrogen-bond donors (Lipinski definition) is 2. The van der Waals surface area contributed by atoms with Gasteiger partial charge in [0.2, 0.25) is 5.91 Å². The van der Waals surface area contributed by atoms with Crippen molar-refractivity contribution in [1.82, 2.24) is 5.32 Å². The summed E-state index contributed by atoms with van der Waals surface area (Å²) in [6, 6.07) is 7.26. The molecular weight excluding hydrogens is 188 g/mol. The Morgan fingerprint density at radius 2 is 2.00 bits per heavy atom. The van der Waals surface area contributed by atoms with E-state index in [1.54, 1.807) is 12.1 Å². The molecule has 1 heterocycles. The zero-order valence-corrected chi connectivity index (χ0v) is 7.58. The van der Waals surface area contributed by atoms with Gasteiger partial charge in [0.25, 0.3) is 0 Å². The first-order chi connectivity index (χ1) is 6.18. The lowest BCUT2D eigenvalue weighted by atomic mass is 10.1. The molecule has 0 spiro atoms. The summed E-state index contributed by atoms with van der Waals surface area (Å²) in [6.45, 7) is 0. The fourth-order valence-electron chi connectivity index (χ4n) is 1.34. The van der Waals surface area contributed by atoms with Crippen LogP contribution in [0.15, 0.2) is 24.3 Å². The number of benzene rings is 1. The highest BCUT2D eigenvalue weighted by Crippen LogP contribution is 2.29. The largest absolute Gasteiger partial charge is 0.368 e. The lowest BCUT2D eigenvalue weighted by molar-refractivity contribution is -0.117. The van der Waals surface area contributed by atoms with Gasteiger partial charge in [-0.3, -0.25) is 10.1 Å². The van der Waals surface area contributed by atoms with Crippen molar-refractivity contribution in [3.05, 3.63) is 34.9 Å². The molecule has 1 amide bonds. The SMILES string of the molecule is NC(=O)[C@@H]1N[C@H]1c1ccc(Cl)cc1. The van der Waals surface area contributed by atoms with E-state index in [2.05, 4.69) is 5.32 Å². The maximum absolute atomic E-state index is 10.7. The summed E-state index contributed by atoms with van der Waals surface area (Å²) < 4.78 is 0. The van der Waals surface area contributed by atoms with E-state index >= 15 is 0 Å². The topological polar surface area (TPSA) is 65.0 Å². The molecule has 1 fully saturated rings. The number of carbonyl (C=O) groups excluding carboxylic acids is 1. The number of nitrogens with two attached hydrogens (primary N) is 1. The molecule has 0 saturated carbocycles. The molecule has 2 rings (SSSR count). The molecule has 0 aliphatic carbocycles. The highest BCUT2D eigenvalue weighted by atomic mass is 35.5. The molecule has 0 aromatic heterocycles. The molecule has 3 nitrogen and oxygen atoms in total. The summed E-state index contributed by atoms with van der Waals surface area (Å²) in [6.07, 6.45) is 0. The van der Waals surface area contributed by atoms with Gasteiger partial charge in [-0.15, -0.1) is 0 Å². The van der Waals surface area contributed by atoms with Gasteiger partial charge in [-0.1, -0.05) is 23.7 Å². The van der Waals surface area contributed by atoms with Crippen LogP contribution in [-0.2, 0) is 4.79 Å². The van der Waals surface area contributed by atoms with Gasteiger partial charge in [0, 0.05) is 5.02 Å². The molecule has 0 radical (unpaired) electrons. The van der Waals surface area contributed by atoms with Crippen LogP contribution >= 0.6 is 11.6 Å². The van der Waals surface area contributed by atoms with E-state index in [4.69, 9.17) is 17.3 Å². The van der Waals surface area contributed by atoms with Crippen molar-refractivity contribution in [1.29, 1.82) is 0 Å². The van der Waals surface area contributed by atoms with Crippen molar-refractivity contribution < 1.29 is 4.79 Å². The molecule has 0 bridgehead atoms. The maximum Gasteiger partial charge on any atom is 0.236 e. The maximum atomic E-state index is 10.7. The second kappa shape index (κ2) is 3.01. The second-order valence-corrected chi connectivity index (χ2v) is 3.51. The van der Waals surface area contributed by atoms with E-state index in [9.17, 15) is 4.79 Å². The van der Waals surface area contributed by atoms with Crippen LogP contribution in [0.2, 0.25) is 5.02 Å². The van der Waals surface area contributed by atoms with Crippen LogP contribution in [0.4, 0.5) is 0 Å². The third-order valence-electron chi connectivity index (χ3n) is 2.12. The van der Waals surface area contributed by atoms with Crippen LogP contribution in [0.3, 0.4) is 0 Å². The average Bonchev–Trinajstić information content (AvgIpc) is 2.85. The fraction of sp³-hybridized carbons (Fsp3) is 0.222. The van der Waals surface area contributed by atoms with Crippen LogP contribution in [-0.4, -0.2) is 11.9 Å². The van der Waals surface area contributed by atoms with Crippen LogP contribution in [0.5, 0.6) is 0 Å². The van der Waals surface area contributed by atoms with Gasteiger partial charge in [-0.25, -0.2) is 0 Å². The molecule has 2 atom stereocenters. The van der Waals surface area contributed by atoms with E-state index in [-0.39, 0.29) is 18.0 Å². The quantitative estimate of drug-likeness (QED) is 0.689. The van der Waals surface area contributed by atoms with Gasteiger partial charge in [0.05, 0.1) is 6.04 Å². The smallest absolute Gasteiger partial charge is 0.236 e. The molecule has 0 unspecified atom stereocenters. The van der Waals surface area contributed by atoms with Gasteiger partial charge >= 0.3 is 0 Å². The molecule has 4 heteroatoms. The fourth-order valence-corrected chi connectivity index (χ4v) is 1.47. The molecular formula is C9H9ClN2O. The van der Waals surface area contributed by atoms with Crippen LogP contribution in [0.1, 0.15) is 11.6 Å². The third-order valence-corrected chi connectivity index (χ3v) is 2.37. The number of amides is 1. The van der Waals surface area contributed by atoms with E-state index in [1.807, 2.05) is 12.1 Å². The number of nitrogens with one attached hydrogen (secondary N) is 1. The third kappa shape index (κ3) is 1.66. The summed E-state index contributed by atoms with van der Waals surface area (Å²) in [7, 11) is 0. The van der Waals surface area contributed by atoms with E-state index in [0.717, 1.165) is 5.56 Å². The summed E-state index contributed by atoms with van der Waals surface area (Å²) in [5.41, 5.74) is 6.18. The van der Waals surface area contributed by atoms with Gasteiger partial charge < -0.3 is 5.73 Å². The molecule has 1 aliphatic rings. The number of carbonyl (C=O) groups is 1. The minimum Gasteiger partial charge on any atom is -0.368 e. The molecule has 1 aliphatic heterocycles. The minimum atomic E-state index is -0.306. The van der Waals surface area contributed by atoms with Crippen molar-refractivity contribution >= 4 is 17.5 Å². The summed E-state index contributed by atoms with van der Waals surface area (Å²) in [5.74, 6) is -0.306.